The second-order valence-corrected chi connectivity index (χ2v) is 11.2. The van der Waals surface area contributed by atoms with Gasteiger partial charge in [0.25, 0.3) is 11.8 Å². The van der Waals surface area contributed by atoms with E-state index in [9.17, 15) is 22.8 Å². The first kappa shape index (κ1) is 25.8. The van der Waals surface area contributed by atoms with Gasteiger partial charge in [0.2, 0.25) is 5.92 Å². The van der Waals surface area contributed by atoms with Crippen LogP contribution < -0.4 is 10.6 Å². The van der Waals surface area contributed by atoms with Gasteiger partial charge in [0, 0.05) is 12.8 Å². The van der Waals surface area contributed by atoms with Gasteiger partial charge in [-0.2, -0.15) is 5.10 Å². The highest BCUT2D eigenvalue weighted by Gasteiger charge is 2.41. The number of alkyl halides is 3. The van der Waals surface area contributed by atoms with Crippen LogP contribution in [0.1, 0.15) is 90.9 Å². The van der Waals surface area contributed by atoms with Gasteiger partial charge in [-0.15, -0.1) is 0 Å². The van der Waals surface area contributed by atoms with Gasteiger partial charge in [-0.3, -0.25) is 9.59 Å². The molecule has 0 aliphatic heterocycles. The van der Waals surface area contributed by atoms with E-state index < -0.39 is 30.0 Å². The van der Waals surface area contributed by atoms with Crippen LogP contribution in [0.3, 0.4) is 0 Å². The minimum Gasteiger partial charge on any atom is -0.346 e. The van der Waals surface area contributed by atoms with Crippen molar-refractivity contribution in [2.75, 3.05) is 0 Å². The zero-order chi connectivity index (χ0) is 27.3. The third-order valence-corrected chi connectivity index (χ3v) is 8.10. The minimum absolute atomic E-state index is 0.0192. The van der Waals surface area contributed by atoms with Crippen molar-refractivity contribution in [2.24, 2.45) is 17.8 Å². The van der Waals surface area contributed by atoms with Gasteiger partial charge in [0.05, 0.1) is 30.2 Å². The van der Waals surface area contributed by atoms with E-state index in [1.54, 1.807) is 29.9 Å². The first-order valence-corrected chi connectivity index (χ1v) is 13.5. The number of nitrogens with one attached hydrogen (secondary N) is 2. The van der Waals surface area contributed by atoms with E-state index in [1.165, 1.54) is 0 Å². The maximum absolute atomic E-state index is 14.4. The van der Waals surface area contributed by atoms with Crippen molar-refractivity contribution in [2.45, 2.75) is 82.5 Å². The average molecular weight is 546 g/mol. The Morgan fingerprint density at radius 2 is 1.72 bits per heavy atom. The van der Waals surface area contributed by atoms with E-state index in [0.717, 1.165) is 31.2 Å². The Morgan fingerprint density at radius 1 is 1.03 bits per heavy atom. The molecule has 208 valence electrons. The minimum atomic E-state index is -2.73. The summed E-state index contributed by atoms with van der Waals surface area (Å²) in [5.41, 5.74) is 2.00. The summed E-state index contributed by atoms with van der Waals surface area (Å²) >= 11 is 0. The number of hydrogen-bond acceptors (Lipinski definition) is 7. The highest BCUT2D eigenvalue weighted by atomic mass is 19.3. The standard InChI is InChI=1S/C26H30F3N7O3/c1-13-21(35-39-34-13)25(38)33-23(16-6-8-26(28,29)9-7-16)18-12-36-19(31-18)10-17(11-30-36)22(15-4-5-15)32-24(37)20(27)14-2-3-14/h10-12,14-16,20,22-23H,2-9H2,1H3,(H,32,37)(H,33,38)/t20-,22?,23-/m0/s1. The van der Waals surface area contributed by atoms with Gasteiger partial charge in [-0.05, 0) is 80.0 Å². The number of halogens is 3. The SMILES string of the molecule is Cc1nonc1C(=O)N[C@H](c1cn2ncc(C(NC(=O)[C@@H](F)C3CC3)C3CC3)cc2n1)C1CCC(F)(F)CC1. The van der Waals surface area contributed by atoms with Crippen molar-refractivity contribution in [1.29, 1.82) is 0 Å². The van der Waals surface area contributed by atoms with E-state index in [-0.39, 0.29) is 55.2 Å². The molecule has 3 aromatic heterocycles. The van der Waals surface area contributed by atoms with Crippen LogP contribution in [0.2, 0.25) is 0 Å². The smallest absolute Gasteiger partial charge is 0.276 e. The van der Waals surface area contributed by atoms with Crippen LogP contribution in [0.5, 0.6) is 0 Å². The molecule has 39 heavy (non-hydrogen) atoms. The second kappa shape index (κ2) is 9.91. The Morgan fingerprint density at radius 3 is 2.36 bits per heavy atom. The predicted octanol–water partition coefficient (Wildman–Crippen LogP) is 4.03. The number of carbonyl (C=O) groups excluding carboxylic acids is 2. The molecule has 6 rings (SSSR count). The third kappa shape index (κ3) is 5.48. The number of imidazole rings is 1. The number of nitrogens with zero attached hydrogens (tertiary/aromatic N) is 5. The summed E-state index contributed by atoms with van der Waals surface area (Å²) in [5.74, 6) is -4.12. The fraction of sp³-hybridized carbons (Fsp3) is 0.615. The third-order valence-electron chi connectivity index (χ3n) is 8.10. The molecule has 3 aliphatic rings. The van der Waals surface area contributed by atoms with E-state index in [2.05, 4.69) is 30.7 Å². The Balaban J connectivity index is 1.27. The predicted molar refractivity (Wildman–Crippen MR) is 130 cm³/mol. The van der Waals surface area contributed by atoms with Crippen molar-refractivity contribution < 1.29 is 27.4 Å². The van der Waals surface area contributed by atoms with Crippen LogP contribution >= 0.6 is 0 Å². The molecule has 10 nitrogen and oxygen atoms in total. The molecule has 0 aromatic carbocycles. The number of hydrogen-bond donors (Lipinski definition) is 2. The van der Waals surface area contributed by atoms with Crippen LogP contribution in [-0.2, 0) is 4.79 Å². The molecule has 13 heteroatoms. The van der Waals surface area contributed by atoms with Gasteiger partial charge in [-0.25, -0.2) is 27.3 Å². The van der Waals surface area contributed by atoms with Gasteiger partial charge >= 0.3 is 0 Å². The second-order valence-electron chi connectivity index (χ2n) is 11.2. The lowest BCUT2D eigenvalue weighted by atomic mass is 9.81. The summed E-state index contributed by atoms with van der Waals surface area (Å²) in [5, 5.41) is 17.6. The largest absolute Gasteiger partial charge is 0.346 e. The molecule has 0 radical (unpaired) electrons. The first-order valence-electron chi connectivity index (χ1n) is 13.5. The maximum atomic E-state index is 14.4. The maximum Gasteiger partial charge on any atom is 0.276 e. The lowest BCUT2D eigenvalue weighted by molar-refractivity contribution is -0.127. The summed E-state index contributed by atoms with van der Waals surface area (Å²) in [6.07, 6.45) is 4.98. The van der Waals surface area contributed by atoms with E-state index in [1.807, 2.05) is 0 Å². The van der Waals surface area contributed by atoms with Crippen molar-refractivity contribution in [3.63, 3.8) is 0 Å². The number of rotatable bonds is 9. The van der Waals surface area contributed by atoms with Gasteiger partial charge < -0.3 is 10.6 Å². The molecule has 3 saturated carbocycles. The Kier molecular flexibility index (Phi) is 6.54. The van der Waals surface area contributed by atoms with Crippen LogP contribution in [-0.4, -0.2) is 48.8 Å². The summed E-state index contributed by atoms with van der Waals surface area (Å²) in [4.78, 5) is 30.2. The first-order chi connectivity index (χ1) is 18.7. The molecular formula is C26H30F3N7O3. The van der Waals surface area contributed by atoms with Crippen LogP contribution in [0.4, 0.5) is 13.2 Å². The Bertz CT molecular complexity index is 1370. The molecule has 0 bridgehead atoms. The number of fused-ring (bicyclic) bond motifs is 1. The molecular weight excluding hydrogens is 515 g/mol. The Labute approximate surface area is 222 Å². The molecule has 3 fully saturated rings. The number of aryl methyl sites for hydroxylation is 1. The van der Waals surface area contributed by atoms with Gasteiger partial charge in [0.1, 0.15) is 5.69 Å². The van der Waals surface area contributed by atoms with E-state index in [4.69, 9.17) is 4.98 Å². The molecule has 2 amide bonds. The van der Waals surface area contributed by atoms with E-state index >= 15 is 0 Å². The van der Waals surface area contributed by atoms with Crippen molar-refractivity contribution in [1.82, 2.24) is 35.5 Å². The van der Waals surface area contributed by atoms with Gasteiger partial charge in [-0.1, -0.05) is 5.16 Å². The summed E-state index contributed by atoms with van der Waals surface area (Å²) in [6.45, 7) is 1.59. The van der Waals surface area contributed by atoms with E-state index in [0.29, 0.717) is 17.0 Å². The lowest BCUT2D eigenvalue weighted by Gasteiger charge is -2.33. The molecule has 3 atom stereocenters. The van der Waals surface area contributed by atoms with Crippen LogP contribution in [0.25, 0.3) is 5.65 Å². The molecule has 2 N–H and O–H groups in total. The summed E-state index contributed by atoms with van der Waals surface area (Å²) in [6, 6.07) is 0.759. The monoisotopic (exact) mass is 545 g/mol. The fourth-order valence-corrected chi connectivity index (χ4v) is 5.44. The van der Waals surface area contributed by atoms with Crippen LogP contribution in [0.15, 0.2) is 23.1 Å². The molecule has 3 aliphatic carbocycles. The van der Waals surface area contributed by atoms with Gasteiger partial charge in [0.15, 0.2) is 17.5 Å². The van der Waals surface area contributed by atoms with Crippen molar-refractivity contribution in [3.05, 3.63) is 41.1 Å². The van der Waals surface area contributed by atoms with Crippen LogP contribution in [0, 0.1) is 24.7 Å². The summed E-state index contributed by atoms with van der Waals surface area (Å²) in [7, 11) is 0. The highest BCUT2D eigenvalue weighted by molar-refractivity contribution is 5.93. The van der Waals surface area contributed by atoms with Crippen molar-refractivity contribution in [3.8, 4) is 0 Å². The molecule has 0 spiro atoms. The summed E-state index contributed by atoms with van der Waals surface area (Å²) < 4.78 is 48.5. The topological polar surface area (TPSA) is 127 Å². The number of carbonyl (C=O) groups is 2. The highest BCUT2D eigenvalue weighted by Crippen LogP contribution is 2.43. The molecule has 3 aromatic rings. The molecule has 0 saturated heterocycles. The zero-order valence-electron chi connectivity index (χ0n) is 21.4. The Hall–Kier alpha value is -3.51. The quantitative estimate of drug-likeness (QED) is 0.416. The average Bonchev–Trinajstić information content (AvgIpc) is 3.84. The normalized spacial score (nSPS) is 21.8. The number of aromatic nitrogens is 5. The molecule has 3 heterocycles. The van der Waals surface area contributed by atoms with Crippen molar-refractivity contribution >= 4 is 17.5 Å². The lowest BCUT2D eigenvalue weighted by Crippen LogP contribution is -2.37. The fourth-order valence-electron chi connectivity index (χ4n) is 5.44. The zero-order valence-corrected chi connectivity index (χ0v) is 21.4. The molecule has 1 unspecified atom stereocenters. The number of amides is 2.